The van der Waals surface area contributed by atoms with Crippen LogP contribution in [-0.4, -0.2) is 10.2 Å². The van der Waals surface area contributed by atoms with Crippen molar-refractivity contribution >= 4 is 61.4 Å². The fourth-order valence-corrected chi connectivity index (χ4v) is 9.22. The van der Waals surface area contributed by atoms with E-state index in [2.05, 4.69) is 269 Å². The van der Waals surface area contributed by atoms with E-state index in [1.165, 1.54) is 22.7 Å². The highest BCUT2D eigenvalue weighted by molar-refractivity contribution is 6.08. The first-order chi connectivity index (χ1) is 30.7. The average molecular weight is 818 g/mol. The number of hydrogen-bond acceptors (Lipinski definition) is 3. The molecule has 0 unspecified atom stereocenters. The van der Waals surface area contributed by atoms with Gasteiger partial charge in [-0.15, -0.1) is 0 Å². The van der Waals surface area contributed by atoms with Gasteiger partial charge in [0.1, 0.15) is 0 Å². The number of para-hydroxylation sites is 6. The predicted octanol–water partition coefficient (Wildman–Crippen LogP) is 15.0. The van der Waals surface area contributed by atoms with Crippen molar-refractivity contribution in [2.75, 3.05) is 14.7 Å². The topological polar surface area (TPSA) is 9.72 Å². The summed E-state index contributed by atoms with van der Waals surface area (Å²) in [5, 5.41) is 0. The smallest absolute Gasteiger partial charge is 0.0461 e. The van der Waals surface area contributed by atoms with Crippen molar-refractivity contribution in [1.82, 2.24) is 0 Å². The normalized spacial score (nSPS) is 11.2. The molecule has 0 aliphatic rings. The molecule has 9 aromatic carbocycles. The lowest BCUT2D eigenvalue weighted by Crippen LogP contribution is -2.30. The molecule has 3 nitrogen and oxygen atoms in total. The van der Waals surface area contributed by atoms with Crippen LogP contribution in [0.2, 0.25) is 6.04 Å². The molecule has 0 bridgehead atoms. The van der Waals surface area contributed by atoms with Crippen LogP contribution in [0.1, 0.15) is 29.5 Å². The van der Waals surface area contributed by atoms with Gasteiger partial charge in [-0.2, -0.15) is 0 Å². The van der Waals surface area contributed by atoms with Gasteiger partial charge >= 0.3 is 0 Å². The second kappa shape index (κ2) is 18.9. The Bertz CT molecular complexity index is 2310. The number of benzene rings is 9. The van der Waals surface area contributed by atoms with Crippen LogP contribution in [0.15, 0.2) is 255 Å². The molecular weight excluding hydrogens is 767 g/mol. The second-order valence-electron chi connectivity index (χ2n) is 15.7. The van der Waals surface area contributed by atoms with Gasteiger partial charge in [-0.1, -0.05) is 158 Å². The number of anilines is 9. The Morgan fingerprint density at radius 3 is 0.645 bits per heavy atom. The third-order valence-corrected chi connectivity index (χ3v) is 12.6. The predicted molar refractivity (Wildman–Crippen MR) is 267 cm³/mol. The molecule has 0 heterocycles. The second-order valence-corrected chi connectivity index (χ2v) is 16.7. The molecule has 302 valence electrons. The summed E-state index contributed by atoms with van der Waals surface area (Å²) >= 11 is 0. The van der Waals surface area contributed by atoms with Crippen LogP contribution < -0.4 is 14.7 Å². The molecular formula is C58H51N3Si. The highest BCUT2D eigenvalue weighted by atomic mass is 28.1. The average Bonchev–Trinajstić information content (AvgIpc) is 3.35. The minimum atomic E-state index is -0.418. The van der Waals surface area contributed by atoms with E-state index in [4.69, 9.17) is 0 Å². The molecule has 0 amide bonds. The largest absolute Gasteiger partial charge is 0.311 e. The van der Waals surface area contributed by atoms with Crippen molar-refractivity contribution in [3.05, 3.63) is 271 Å². The van der Waals surface area contributed by atoms with Gasteiger partial charge < -0.3 is 14.7 Å². The zero-order valence-corrected chi connectivity index (χ0v) is 37.2. The zero-order valence-electron chi connectivity index (χ0n) is 35.2. The maximum Gasteiger partial charge on any atom is 0.0461 e. The Morgan fingerprint density at radius 2 is 0.452 bits per heavy atom. The van der Waals surface area contributed by atoms with Crippen molar-refractivity contribution in [3.8, 4) is 0 Å². The Hall–Kier alpha value is -7.40. The molecule has 4 heteroatoms. The highest BCUT2D eigenvalue weighted by Crippen LogP contribution is 2.47. The maximum atomic E-state index is 2.38. The highest BCUT2D eigenvalue weighted by Gasteiger charge is 2.36. The van der Waals surface area contributed by atoms with E-state index in [9.17, 15) is 0 Å². The lowest BCUT2D eigenvalue weighted by molar-refractivity contribution is 0.550. The van der Waals surface area contributed by atoms with Gasteiger partial charge in [0, 0.05) is 66.8 Å². The van der Waals surface area contributed by atoms with Gasteiger partial charge in [-0.25, -0.2) is 0 Å². The van der Waals surface area contributed by atoms with Crippen molar-refractivity contribution in [2.24, 2.45) is 0 Å². The fraction of sp³-hybridized carbons (Fsp3) is 0.0690. The van der Waals surface area contributed by atoms with Crippen LogP contribution in [0.25, 0.3) is 0 Å². The molecule has 9 aromatic rings. The Morgan fingerprint density at radius 1 is 0.258 bits per heavy atom. The molecule has 0 aliphatic heterocycles. The van der Waals surface area contributed by atoms with E-state index in [1.54, 1.807) is 0 Å². The first-order valence-electron chi connectivity index (χ1n) is 21.8. The Kier molecular flexibility index (Phi) is 12.2. The van der Waals surface area contributed by atoms with Crippen LogP contribution in [0.3, 0.4) is 0 Å². The molecule has 0 saturated heterocycles. The van der Waals surface area contributed by atoms with Crippen LogP contribution in [0.5, 0.6) is 0 Å². The van der Waals surface area contributed by atoms with Gasteiger partial charge in [0.2, 0.25) is 0 Å². The van der Waals surface area contributed by atoms with Crippen molar-refractivity contribution in [2.45, 2.75) is 24.3 Å². The third kappa shape index (κ3) is 8.34. The maximum absolute atomic E-state index is 2.38. The third-order valence-electron chi connectivity index (χ3n) is 11.8. The first-order valence-corrected chi connectivity index (χ1v) is 23.2. The standard InChI is InChI=1S/C58H51N3Si/c62-45-19-44-58(46-32-38-55(39-33-46)59(49-20-7-1-8-21-49)50-22-9-2-10-23-50,47-34-40-56(41-35-47)60(51-24-11-3-12-25-51)52-26-13-4-14-27-52)48-36-42-57(43-37-48)61(53-28-15-5-16-29-53)54-30-17-6-18-31-54/h1-18,20-43H,19,44-45H2,62H3. The molecule has 0 aliphatic carbocycles. The van der Waals surface area contributed by atoms with E-state index in [-0.39, 0.29) is 0 Å². The Balaban J connectivity index is 1.20. The van der Waals surface area contributed by atoms with E-state index >= 15 is 0 Å². The van der Waals surface area contributed by atoms with Gasteiger partial charge in [0.15, 0.2) is 0 Å². The van der Waals surface area contributed by atoms with Crippen molar-refractivity contribution in [3.63, 3.8) is 0 Å². The minimum absolute atomic E-state index is 0.418. The van der Waals surface area contributed by atoms with Gasteiger partial charge in [0.25, 0.3) is 0 Å². The van der Waals surface area contributed by atoms with Crippen molar-refractivity contribution in [1.29, 1.82) is 0 Å². The summed E-state index contributed by atoms with van der Waals surface area (Å²) in [7, 11) is 1.15. The summed E-state index contributed by atoms with van der Waals surface area (Å²) in [5.41, 5.74) is 13.6. The van der Waals surface area contributed by atoms with E-state index in [0.717, 1.165) is 74.3 Å². The summed E-state index contributed by atoms with van der Waals surface area (Å²) in [6.45, 7) is 0. The molecule has 62 heavy (non-hydrogen) atoms. The monoisotopic (exact) mass is 817 g/mol. The van der Waals surface area contributed by atoms with E-state index in [0.29, 0.717) is 0 Å². The summed E-state index contributed by atoms with van der Waals surface area (Å²) in [5.74, 6) is 0. The van der Waals surface area contributed by atoms with E-state index in [1.807, 2.05) is 0 Å². The number of nitrogens with zero attached hydrogens (tertiary/aromatic N) is 3. The molecule has 9 rings (SSSR count). The van der Waals surface area contributed by atoms with Crippen LogP contribution >= 0.6 is 0 Å². The van der Waals surface area contributed by atoms with Gasteiger partial charge in [-0.3, -0.25) is 0 Å². The molecule has 0 spiro atoms. The Labute approximate surface area is 370 Å². The van der Waals surface area contributed by atoms with Crippen LogP contribution in [-0.2, 0) is 5.41 Å². The molecule has 0 atom stereocenters. The van der Waals surface area contributed by atoms with E-state index < -0.39 is 5.41 Å². The number of hydrogen-bond donors (Lipinski definition) is 0. The summed E-state index contributed by atoms with van der Waals surface area (Å²) < 4.78 is 0. The SMILES string of the molecule is [SiH3]CCCC(c1ccc(N(c2ccccc2)c2ccccc2)cc1)(c1ccc(N(c2ccccc2)c2ccccc2)cc1)c1ccc(N(c2ccccc2)c2ccccc2)cc1. The minimum Gasteiger partial charge on any atom is -0.311 e. The number of rotatable bonds is 15. The first kappa shape index (κ1) is 40.0. The lowest BCUT2D eigenvalue weighted by Gasteiger charge is -2.38. The summed E-state index contributed by atoms with van der Waals surface area (Å²) in [6.07, 6.45) is 2.11. The molecule has 0 saturated carbocycles. The molecule has 0 fully saturated rings. The fourth-order valence-electron chi connectivity index (χ4n) is 8.86. The quantitative estimate of drug-likeness (QED) is 0.0754. The molecule has 0 N–H and O–H groups in total. The summed E-state index contributed by atoms with van der Waals surface area (Å²) in [6, 6.07) is 93.3. The van der Waals surface area contributed by atoms with Crippen LogP contribution in [0, 0.1) is 0 Å². The molecule has 0 aromatic heterocycles. The van der Waals surface area contributed by atoms with Gasteiger partial charge in [0.05, 0.1) is 0 Å². The lowest BCUT2D eigenvalue weighted by atomic mass is 9.66. The van der Waals surface area contributed by atoms with Gasteiger partial charge in [-0.05, 0) is 132 Å². The van der Waals surface area contributed by atoms with Crippen molar-refractivity contribution < 1.29 is 0 Å². The summed E-state index contributed by atoms with van der Waals surface area (Å²) in [4.78, 5) is 7.03. The van der Waals surface area contributed by atoms with Crippen LogP contribution in [0.4, 0.5) is 51.2 Å². The molecule has 0 radical (unpaired) electrons. The zero-order chi connectivity index (χ0) is 42.0.